The number of alkyl halides is 3. The SMILES string of the molecule is O=C1Cc2cc(-c3ccccc3C(F)(F)F)ccc2N1. The molecule has 1 N–H and O–H groups in total. The van der Waals surface area contributed by atoms with Gasteiger partial charge in [0.25, 0.3) is 0 Å². The highest BCUT2D eigenvalue weighted by molar-refractivity contribution is 5.99. The molecule has 0 unspecified atom stereocenters. The summed E-state index contributed by atoms with van der Waals surface area (Å²) in [6.07, 6.45) is -4.19. The standard InChI is InChI=1S/C15H10F3NO/c16-15(17,18)12-4-2-1-3-11(12)9-5-6-13-10(7-9)8-14(20)19-13/h1-7H,8H2,(H,19,20). The number of amides is 1. The molecule has 0 fully saturated rings. The van der Waals surface area contributed by atoms with Crippen molar-refractivity contribution in [2.24, 2.45) is 0 Å². The fraction of sp³-hybridized carbons (Fsp3) is 0.133. The molecule has 5 heteroatoms. The maximum atomic E-state index is 13.0. The van der Waals surface area contributed by atoms with Crippen LogP contribution in [0.5, 0.6) is 0 Å². The summed E-state index contributed by atoms with van der Waals surface area (Å²) < 4.78 is 39.0. The van der Waals surface area contributed by atoms with Gasteiger partial charge in [-0.1, -0.05) is 24.3 Å². The number of nitrogens with one attached hydrogen (secondary N) is 1. The first-order valence-corrected chi connectivity index (χ1v) is 6.04. The molecular formula is C15H10F3NO. The van der Waals surface area contributed by atoms with Crippen LogP contribution in [0.15, 0.2) is 42.5 Å². The summed E-state index contributed by atoms with van der Waals surface area (Å²) in [5.74, 6) is -0.138. The van der Waals surface area contributed by atoms with E-state index in [2.05, 4.69) is 5.32 Å². The lowest BCUT2D eigenvalue weighted by Crippen LogP contribution is -2.06. The van der Waals surface area contributed by atoms with Crippen LogP contribution in [0.25, 0.3) is 11.1 Å². The van der Waals surface area contributed by atoms with Crippen molar-refractivity contribution in [3.63, 3.8) is 0 Å². The van der Waals surface area contributed by atoms with Crippen LogP contribution in [0.1, 0.15) is 11.1 Å². The molecule has 0 aliphatic carbocycles. The summed E-state index contributed by atoms with van der Waals surface area (Å²) in [6.45, 7) is 0. The third kappa shape index (κ3) is 2.15. The number of carbonyl (C=O) groups is 1. The lowest BCUT2D eigenvalue weighted by Gasteiger charge is -2.13. The van der Waals surface area contributed by atoms with Gasteiger partial charge < -0.3 is 5.32 Å². The molecule has 0 aromatic heterocycles. The van der Waals surface area contributed by atoms with Gasteiger partial charge in [-0.05, 0) is 34.9 Å². The van der Waals surface area contributed by atoms with Gasteiger partial charge in [0.05, 0.1) is 12.0 Å². The van der Waals surface area contributed by atoms with Crippen LogP contribution in [0.2, 0.25) is 0 Å². The zero-order valence-corrected chi connectivity index (χ0v) is 10.3. The van der Waals surface area contributed by atoms with Gasteiger partial charge in [0, 0.05) is 5.69 Å². The van der Waals surface area contributed by atoms with Crippen molar-refractivity contribution in [1.82, 2.24) is 0 Å². The molecule has 1 aliphatic rings. The largest absolute Gasteiger partial charge is 0.417 e. The second kappa shape index (κ2) is 4.37. The van der Waals surface area contributed by atoms with E-state index in [1.165, 1.54) is 12.1 Å². The van der Waals surface area contributed by atoms with Gasteiger partial charge in [-0.2, -0.15) is 13.2 Å². The number of hydrogen-bond acceptors (Lipinski definition) is 1. The van der Waals surface area contributed by atoms with Gasteiger partial charge in [-0.15, -0.1) is 0 Å². The average molecular weight is 277 g/mol. The molecule has 20 heavy (non-hydrogen) atoms. The summed E-state index contributed by atoms with van der Waals surface area (Å²) >= 11 is 0. The molecule has 1 amide bonds. The predicted octanol–water partition coefficient (Wildman–Crippen LogP) is 3.87. The Bertz CT molecular complexity index is 692. The molecule has 0 saturated carbocycles. The Morgan fingerprint density at radius 3 is 2.55 bits per heavy atom. The minimum Gasteiger partial charge on any atom is -0.326 e. The van der Waals surface area contributed by atoms with Crippen molar-refractivity contribution in [2.75, 3.05) is 5.32 Å². The van der Waals surface area contributed by atoms with E-state index in [0.717, 1.165) is 11.6 Å². The Hall–Kier alpha value is -2.30. The number of anilines is 1. The normalized spacial score (nSPS) is 14.1. The molecule has 0 saturated heterocycles. The lowest BCUT2D eigenvalue weighted by atomic mass is 9.97. The van der Waals surface area contributed by atoms with E-state index in [0.29, 0.717) is 11.3 Å². The summed E-state index contributed by atoms with van der Waals surface area (Å²) in [5, 5.41) is 2.66. The zero-order chi connectivity index (χ0) is 14.3. The van der Waals surface area contributed by atoms with Gasteiger partial charge in [0.2, 0.25) is 5.91 Å². The third-order valence-electron chi connectivity index (χ3n) is 3.27. The maximum absolute atomic E-state index is 13.0. The first kappa shape index (κ1) is 12.7. The molecule has 0 spiro atoms. The van der Waals surface area contributed by atoms with E-state index in [4.69, 9.17) is 0 Å². The van der Waals surface area contributed by atoms with Crippen molar-refractivity contribution in [1.29, 1.82) is 0 Å². The fourth-order valence-corrected chi connectivity index (χ4v) is 2.38. The summed E-state index contributed by atoms with van der Waals surface area (Å²) in [4.78, 5) is 11.3. The Balaban J connectivity index is 2.11. The van der Waals surface area contributed by atoms with E-state index in [9.17, 15) is 18.0 Å². The Morgan fingerprint density at radius 1 is 1.05 bits per heavy atom. The van der Waals surface area contributed by atoms with Crippen molar-refractivity contribution in [3.8, 4) is 11.1 Å². The number of hydrogen-bond donors (Lipinski definition) is 1. The fourth-order valence-electron chi connectivity index (χ4n) is 2.38. The highest BCUT2D eigenvalue weighted by Crippen LogP contribution is 2.38. The molecule has 1 aliphatic heterocycles. The molecule has 2 aromatic carbocycles. The van der Waals surface area contributed by atoms with Crippen LogP contribution in [0, 0.1) is 0 Å². The number of benzene rings is 2. The van der Waals surface area contributed by atoms with Crippen molar-refractivity contribution >= 4 is 11.6 Å². The number of fused-ring (bicyclic) bond motifs is 1. The first-order chi connectivity index (χ1) is 9.45. The van der Waals surface area contributed by atoms with Gasteiger partial charge in [0.1, 0.15) is 0 Å². The number of carbonyl (C=O) groups excluding carboxylic acids is 1. The zero-order valence-electron chi connectivity index (χ0n) is 10.3. The summed E-state index contributed by atoms with van der Waals surface area (Å²) in [6, 6.07) is 10.3. The molecule has 102 valence electrons. The molecule has 3 rings (SSSR count). The van der Waals surface area contributed by atoms with Crippen LogP contribution >= 0.6 is 0 Å². The van der Waals surface area contributed by atoms with Gasteiger partial charge in [-0.25, -0.2) is 0 Å². The Labute approximate surface area is 113 Å². The second-order valence-electron chi connectivity index (χ2n) is 4.64. The maximum Gasteiger partial charge on any atom is 0.417 e. The van der Waals surface area contributed by atoms with Gasteiger partial charge >= 0.3 is 6.18 Å². The van der Waals surface area contributed by atoms with E-state index < -0.39 is 11.7 Å². The first-order valence-electron chi connectivity index (χ1n) is 6.04. The molecule has 2 nitrogen and oxygen atoms in total. The summed E-state index contributed by atoms with van der Waals surface area (Å²) in [7, 11) is 0. The molecule has 1 heterocycles. The minimum atomic E-state index is -4.40. The molecule has 0 bridgehead atoms. The van der Waals surface area contributed by atoms with Crippen LogP contribution in [-0.4, -0.2) is 5.91 Å². The van der Waals surface area contributed by atoms with Crippen LogP contribution in [0.3, 0.4) is 0 Å². The molecule has 2 aromatic rings. The van der Waals surface area contributed by atoms with Crippen molar-refractivity contribution in [3.05, 3.63) is 53.6 Å². The van der Waals surface area contributed by atoms with E-state index in [-0.39, 0.29) is 17.9 Å². The third-order valence-corrected chi connectivity index (χ3v) is 3.27. The van der Waals surface area contributed by atoms with E-state index in [1.807, 2.05) is 0 Å². The Kier molecular flexibility index (Phi) is 2.78. The highest BCUT2D eigenvalue weighted by Gasteiger charge is 2.33. The highest BCUT2D eigenvalue weighted by atomic mass is 19.4. The smallest absolute Gasteiger partial charge is 0.326 e. The van der Waals surface area contributed by atoms with Gasteiger partial charge in [0.15, 0.2) is 0 Å². The Morgan fingerprint density at radius 2 is 1.80 bits per heavy atom. The number of halogens is 3. The summed E-state index contributed by atoms with van der Waals surface area (Å²) in [5.41, 5.74) is 1.32. The van der Waals surface area contributed by atoms with Crippen molar-refractivity contribution < 1.29 is 18.0 Å². The van der Waals surface area contributed by atoms with Gasteiger partial charge in [-0.3, -0.25) is 4.79 Å². The molecular weight excluding hydrogens is 267 g/mol. The average Bonchev–Trinajstić information content (AvgIpc) is 2.76. The number of rotatable bonds is 1. The quantitative estimate of drug-likeness (QED) is 0.842. The monoisotopic (exact) mass is 277 g/mol. The van der Waals surface area contributed by atoms with E-state index in [1.54, 1.807) is 24.3 Å². The van der Waals surface area contributed by atoms with Crippen LogP contribution in [0.4, 0.5) is 18.9 Å². The van der Waals surface area contributed by atoms with E-state index >= 15 is 0 Å². The van der Waals surface area contributed by atoms with Crippen molar-refractivity contribution in [2.45, 2.75) is 12.6 Å². The van der Waals surface area contributed by atoms with Crippen LogP contribution < -0.4 is 5.32 Å². The lowest BCUT2D eigenvalue weighted by molar-refractivity contribution is -0.137. The van der Waals surface area contributed by atoms with Crippen LogP contribution in [-0.2, 0) is 17.4 Å². The molecule has 0 radical (unpaired) electrons. The second-order valence-corrected chi connectivity index (χ2v) is 4.64. The predicted molar refractivity (Wildman–Crippen MR) is 69.2 cm³/mol. The topological polar surface area (TPSA) is 29.1 Å². The molecule has 0 atom stereocenters. The minimum absolute atomic E-state index is 0.127.